The van der Waals surface area contributed by atoms with E-state index in [2.05, 4.69) is 10.3 Å². The Morgan fingerprint density at radius 3 is 2.64 bits per heavy atom. The predicted molar refractivity (Wildman–Crippen MR) is 84.1 cm³/mol. The van der Waals surface area contributed by atoms with Crippen molar-refractivity contribution in [2.75, 3.05) is 11.9 Å². The fourth-order valence-electron chi connectivity index (χ4n) is 2.00. The van der Waals surface area contributed by atoms with Crippen LogP contribution >= 0.6 is 0 Å². The van der Waals surface area contributed by atoms with Gasteiger partial charge in [0, 0.05) is 10.9 Å². The van der Waals surface area contributed by atoms with Gasteiger partial charge < -0.3 is 14.5 Å². The number of carbonyl (C=O) groups is 2. The molecule has 6 nitrogen and oxygen atoms in total. The van der Waals surface area contributed by atoms with E-state index in [4.69, 9.17) is 9.47 Å². The van der Waals surface area contributed by atoms with Gasteiger partial charge in [0.1, 0.15) is 11.3 Å². The van der Waals surface area contributed by atoms with Gasteiger partial charge in [-0.25, -0.2) is 9.59 Å². The normalized spacial score (nSPS) is 11.3. The molecule has 22 heavy (non-hydrogen) atoms. The summed E-state index contributed by atoms with van der Waals surface area (Å²) in [7, 11) is 0. The first kappa shape index (κ1) is 15.9. The molecule has 2 rings (SSSR count). The van der Waals surface area contributed by atoms with Crippen LogP contribution in [0.15, 0.2) is 24.3 Å². The maximum atomic E-state index is 11.9. The van der Waals surface area contributed by atoms with E-state index in [9.17, 15) is 9.59 Å². The number of anilines is 1. The van der Waals surface area contributed by atoms with Crippen molar-refractivity contribution in [3.8, 4) is 0 Å². The molecule has 0 aliphatic heterocycles. The molecule has 2 N–H and O–H groups in total. The van der Waals surface area contributed by atoms with Crippen molar-refractivity contribution in [2.45, 2.75) is 33.3 Å². The summed E-state index contributed by atoms with van der Waals surface area (Å²) in [4.78, 5) is 26.6. The van der Waals surface area contributed by atoms with Crippen LogP contribution in [-0.4, -0.2) is 29.3 Å². The van der Waals surface area contributed by atoms with Gasteiger partial charge in [0.25, 0.3) is 0 Å². The Kier molecular flexibility index (Phi) is 4.40. The molecule has 0 saturated heterocycles. The van der Waals surface area contributed by atoms with Crippen LogP contribution in [0, 0.1) is 0 Å². The van der Waals surface area contributed by atoms with Crippen LogP contribution in [0.5, 0.6) is 0 Å². The standard InChI is InChI=1S/C16H20N2O4/c1-5-21-14(19)13-9-10-11(17-13)7-6-8-12(10)18-15(20)22-16(2,3)4/h6-9,17H,5H2,1-4H3,(H,18,20). The number of hydrogen-bond acceptors (Lipinski definition) is 4. The number of ether oxygens (including phenoxy) is 2. The molecule has 1 aromatic heterocycles. The van der Waals surface area contributed by atoms with Crippen LogP contribution in [-0.2, 0) is 9.47 Å². The van der Waals surface area contributed by atoms with E-state index in [0.717, 1.165) is 10.9 Å². The van der Waals surface area contributed by atoms with E-state index < -0.39 is 17.7 Å². The Morgan fingerprint density at radius 1 is 1.27 bits per heavy atom. The molecule has 0 bridgehead atoms. The zero-order valence-electron chi connectivity index (χ0n) is 13.1. The maximum absolute atomic E-state index is 11.9. The lowest BCUT2D eigenvalue weighted by molar-refractivity contribution is 0.0520. The van der Waals surface area contributed by atoms with Crippen molar-refractivity contribution in [1.82, 2.24) is 4.98 Å². The van der Waals surface area contributed by atoms with E-state index in [1.54, 1.807) is 45.9 Å². The average molecular weight is 304 g/mol. The largest absolute Gasteiger partial charge is 0.461 e. The minimum absolute atomic E-state index is 0.303. The molecule has 2 aromatic rings. The summed E-state index contributed by atoms with van der Waals surface area (Å²) >= 11 is 0. The summed E-state index contributed by atoms with van der Waals surface area (Å²) in [5, 5.41) is 3.41. The number of benzene rings is 1. The molecule has 0 spiro atoms. The Labute approximate surface area is 128 Å². The van der Waals surface area contributed by atoms with Crippen LogP contribution in [0.4, 0.5) is 10.5 Å². The van der Waals surface area contributed by atoms with E-state index in [0.29, 0.717) is 18.0 Å². The second-order valence-corrected chi connectivity index (χ2v) is 5.80. The number of aromatic amines is 1. The molecular formula is C16H20N2O4. The zero-order chi connectivity index (χ0) is 16.3. The zero-order valence-corrected chi connectivity index (χ0v) is 13.1. The smallest absolute Gasteiger partial charge is 0.412 e. The molecule has 0 aliphatic rings. The minimum atomic E-state index is -0.577. The first-order chi connectivity index (χ1) is 10.3. The van der Waals surface area contributed by atoms with Crippen LogP contribution in [0.1, 0.15) is 38.2 Å². The first-order valence-electron chi connectivity index (χ1n) is 7.09. The molecule has 0 fully saturated rings. The number of esters is 1. The number of amides is 1. The second-order valence-electron chi connectivity index (χ2n) is 5.80. The van der Waals surface area contributed by atoms with Gasteiger partial charge in [-0.2, -0.15) is 0 Å². The molecule has 0 atom stereocenters. The first-order valence-corrected chi connectivity index (χ1v) is 7.09. The number of rotatable bonds is 3. The SMILES string of the molecule is CCOC(=O)c1cc2c(NC(=O)OC(C)(C)C)cccc2[nH]1. The minimum Gasteiger partial charge on any atom is -0.461 e. The fraction of sp³-hybridized carbons (Fsp3) is 0.375. The highest BCUT2D eigenvalue weighted by atomic mass is 16.6. The van der Waals surface area contributed by atoms with Crippen LogP contribution in [0.3, 0.4) is 0 Å². The number of fused-ring (bicyclic) bond motifs is 1. The molecule has 1 amide bonds. The van der Waals surface area contributed by atoms with Gasteiger partial charge in [0.2, 0.25) is 0 Å². The molecule has 1 heterocycles. The molecular weight excluding hydrogens is 284 g/mol. The highest BCUT2D eigenvalue weighted by Gasteiger charge is 2.18. The lowest BCUT2D eigenvalue weighted by Crippen LogP contribution is -2.27. The summed E-state index contributed by atoms with van der Waals surface area (Å²) < 4.78 is 10.2. The van der Waals surface area contributed by atoms with Crippen LogP contribution in [0.2, 0.25) is 0 Å². The molecule has 0 radical (unpaired) electrons. The Balaban J connectivity index is 2.27. The quantitative estimate of drug-likeness (QED) is 0.847. The number of H-pyrrole nitrogens is 1. The number of carbonyl (C=O) groups excluding carboxylic acids is 2. The highest BCUT2D eigenvalue weighted by molar-refractivity contribution is 6.03. The molecule has 118 valence electrons. The van der Waals surface area contributed by atoms with Crippen molar-refractivity contribution in [3.63, 3.8) is 0 Å². The predicted octanol–water partition coefficient (Wildman–Crippen LogP) is 3.69. The Bertz CT molecular complexity index is 698. The van der Waals surface area contributed by atoms with Gasteiger partial charge in [0.05, 0.1) is 12.3 Å². The van der Waals surface area contributed by atoms with Crippen LogP contribution in [0.25, 0.3) is 10.9 Å². The number of aromatic nitrogens is 1. The van der Waals surface area contributed by atoms with Gasteiger partial charge in [-0.15, -0.1) is 0 Å². The molecule has 1 aromatic carbocycles. The topological polar surface area (TPSA) is 80.4 Å². The monoisotopic (exact) mass is 304 g/mol. The van der Waals surface area contributed by atoms with Crippen molar-refractivity contribution >= 4 is 28.7 Å². The van der Waals surface area contributed by atoms with Crippen molar-refractivity contribution in [2.24, 2.45) is 0 Å². The molecule has 6 heteroatoms. The summed E-state index contributed by atoms with van der Waals surface area (Å²) in [6.07, 6.45) is -0.543. The van der Waals surface area contributed by atoms with Gasteiger partial charge >= 0.3 is 12.1 Å². The third kappa shape index (κ3) is 3.78. The summed E-state index contributed by atoms with van der Waals surface area (Å²) in [5.41, 5.74) is 1.07. The molecule has 0 saturated carbocycles. The number of nitrogens with one attached hydrogen (secondary N) is 2. The molecule has 0 unspecified atom stereocenters. The van der Waals surface area contributed by atoms with Gasteiger partial charge in [-0.05, 0) is 45.9 Å². The van der Waals surface area contributed by atoms with E-state index in [-0.39, 0.29) is 0 Å². The third-order valence-electron chi connectivity index (χ3n) is 2.80. The summed E-state index contributed by atoms with van der Waals surface area (Å²) in [6, 6.07) is 6.99. The van der Waals surface area contributed by atoms with E-state index >= 15 is 0 Å². The van der Waals surface area contributed by atoms with Gasteiger partial charge in [0.15, 0.2) is 0 Å². The van der Waals surface area contributed by atoms with Crippen molar-refractivity contribution in [1.29, 1.82) is 0 Å². The average Bonchev–Trinajstić information content (AvgIpc) is 2.82. The van der Waals surface area contributed by atoms with Crippen molar-refractivity contribution < 1.29 is 19.1 Å². The van der Waals surface area contributed by atoms with Crippen LogP contribution < -0.4 is 5.32 Å². The highest BCUT2D eigenvalue weighted by Crippen LogP contribution is 2.25. The van der Waals surface area contributed by atoms with E-state index in [1.165, 1.54) is 0 Å². The summed E-state index contributed by atoms with van der Waals surface area (Å²) in [5.74, 6) is -0.429. The maximum Gasteiger partial charge on any atom is 0.412 e. The molecule has 0 aliphatic carbocycles. The summed E-state index contributed by atoms with van der Waals surface area (Å²) in [6.45, 7) is 7.43. The lowest BCUT2D eigenvalue weighted by atomic mass is 10.2. The lowest BCUT2D eigenvalue weighted by Gasteiger charge is -2.19. The third-order valence-corrected chi connectivity index (χ3v) is 2.80. The second kappa shape index (κ2) is 6.09. The number of hydrogen-bond donors (Lipinski definition) is 2. The van der Waals surface area contributed by atoms with Crippen molar-refractivity contribution in [3.05, 3.63) is 30.0 Å². The Hall–Kier alpha value is -2.50. The van der Waals surface area contributed by atoms with E-state index in [1.807, 2.05) is 6.07 Å². The van der Waals surface area contributed by atoms with Gasteiger partial charge in [-0.3, -0.25) is 5.32 Å². The van der Waals surface area contributed by atoms with Gasteiger partial charge in [-0.1, -0.05) is 6.07 Å². The fourth-order valence-corrected chi connectivity index (χ4v) is 2.00. The Morgan fingerprint density at radius 2 is 2.00 bits per heavy atom.